The Morgan fingerprint density at radius 3 is 2.83 bits per heavy atom. The van der Waals surface area contributed by atoms with Crippen molar-refractivity contribution in [1.82, 2.24) is 15.0 Å². The fraction of sp³-hybridized carbons (Fsp3) is 0.200. The fourth-order valence-corrected chi connectivity index (χ4v) is 5.20. The Balaban J connectivity index is 1.33. The molecular formula is C30H24F3N3O4. The smallest absolute Gasteiger partial charge is 0.303 e. The third-order valence-electron chi connectivity index (χ3n) is 7.43. The predicted octanol–water partition coefficient (Wildman–Crippen LogP) is 6.87. The van der Waals surface area contributed by atoms with Crippen LogP contribution >= 0.6 is 0 Å². The number of H-pyrrole nitrogens is 2. The number of benzene rings is 3. The van der Waals surface area contributed by atoms with E-state index in [9.17, 15) is 18.0 Å². The number of aromatic nitrogens is 3. The first-order valence-electron chi connectivity index (χ1n) is 12.7. The third-order valence-corrected chi connectivity index (χ3v) is 7.43. The van der Waals surface area contributed by atoms with Gasteiger partial charge in [-0.1, -0.05) is 18.2 Å². The molecule has 1 aliphatic rings. The molecule has 40 heavy (non-hydrogen) atoms. The van der Waals surface area contributed by atoms with Crippen molar-refractivity contribution in [1.29, 1.82) is 0 Å². The molecule has 1 unspecified atom stereocenters. The lowest BCUT2D eigenvalue weighted by Gasteiger charge is -2.36. The summed E-state index contributed by atoms with van der Waals surface area (Å²) in [5.41, 5.74) is 1.98. The number of imidazole rings is 1. The van der Waals surface area contributed by atoms with Crippen molar-refractivity contribution in [3.05, 3.63) is 95.2 Å². The molecule has 1 atom stereocenters. The highest BCUT2D eigenvalue weighted by Crippen LogP contribution is 2.45. The van der Waals surface area contributed by atoms with E-state index in [4.69, 9.17) is 14.6 Å². The molecule has 1 aliphatic heterocycles. The quantitative estimate of drug-likeness (QED) is 0.206. The summed E-state index contributed by atoms with van der Waals surface area (Å²) in [5.74, 6) is -3.01. The van der Waals surface area contributed by atoms with Crippen LogP contribution in [0.15, 0.2) is 60.9 Å². The predicted molar refractivity (Wildman–Crippen MR) is 141 cm³/mol. The average Bonchev–Trinajstić information content (AvgIpc) is 3.62. The Morgan fingerprint density at radius 2 is 2.00 bits per heavy atom. The molecule has 0 saturated carbocycles. The van der Waals surface area contributed by atoms with Gasteiger partial charge in [0.25, 0.3) is 0 Å². The van der Waals surface area contributed by atoms with Crippen molar-refractivity contribution in [3.8, 4) is 28.6 Å². The second-order valence-electron chi connectivity index (χ2n) is 9.95. The molecule has 3 N–H and O–H groups in total. The number of aromatic amines is 2. The highest BCUT2D eigenvalue weighted by molar-refractivity contribution is 5.82. The standard InChI is InChI=1S/C30H24F3N3O4/c1-30(10-12-39-28-16(5-8-24(37)38)3-2-4-20(28)30)23-15-35-29(36-23)19-14-18(6-7-21(19)31)40-22-13-17-9-11-34-27(17)26(33)25(22)32/h2-4,6-7,9,11,13-15,34H,5,8,10,12H2,1H3,(H,35,36)(H,37,38). The number of aliphatic carboxylic acids is 1. The highest BCUT2D eigenvalue weighted by atomic mass is 19.2. The maximum atomic E-state index is 15.0. The van der Waals surface area contributed by atoms with Gasteiger partial charge in [-0.05, 0) is 55.7 Å². The monoisotopic (exact) mass is 547 g/mol. The second-order valence-corrected chi connectivity index (χ2v) is 9.95. The summed E-state index contributed by atoms with van der Waals surface area (Å²) in [6.45, 7) is 2.43. The minimum atomic E-state index is -1.16. The number of nitrogens with one attached hydrogen (secondary N) is 2. The van der Waals surface area contributed by atoms with Crippen LogP contribution < -0.4 is 9.47 Å². The zero-order valence-electron chi connectivity index (χ0n) is 21.4. The van der Waals surface area contributed by atoms with Crippen molar-refractivity contribution in [2.45, 2.75) is 31.6 Å². The topological polar surface area (TPSA) is 100 Å². The van der Waals surface area contributed by atoms with Crippen molar-refractivity contribution < 1.29 is 32.5 Å². The van der Waals surface area contributed by atoms with Crippen molar-refractivity contribution in [3.63, 3.8) is 0 Å². The van der Waals surface area contributed by atoms with Gasteiger partial charge in [0.05, 0.1) is 17.7 Å². The van der Waals surface area contributed by atoms with Crippen LogP contribution in [0.5, 0.6) is 17.2 Å². The Bertz CT molecular complexity index is 1760. The van der Waals surface area contributed by atoms with Gasteiger partial charge in [0, 0.05) is 40.9 Å². The van der Waals surface area contributed by atoms with Crippen molar-refractivity contribution in [2.24, 2.45) is 0 Å². The van der Waals surface area contributed by atoms with Gasteiger partial charge in [-0.15, -0.1) is 0 Å². The number of hydrogen-bond donors (Lipinski definition) is 3. The van der Waals surface area contributed by atoms with Gasteiger partial charge in [-0.25, -0.2) is 13.8 Å². The van der Waals surface area contributed by atoms with E-state index in [-0.39, 0.29) is 34.8 Å². The number of para-hydroxylation sites is 1. The maximum Gasteiger partial charge on any atom is 0.303 e. The van der Waals surface area contributed by atoms with Crippen LogP contribution in [0.25, 0.3) is 22.3 Å². The highest BCUT2D eigenvalue weighted by Gasteiger charge is 2.37. The lowest BCUT2D eigenvalue weighted by atomic mass is 9.74. The number of aryl methyl sites for hydroxylation is 1. The first-order valence-corrected chi connectivity index (χ1v) is 12.7. The van der Waals surface area contributed by atoms with Crippen molar-refractivity contribution in [2.75, 3.05) is 6.61 Å². The molecule has 5 aromatic rings. The molecule has 0 aliphatic carbocycles. The molecule has 10 heteroatoms. The van der Waals surface area contributed by atoms with Gasteiger partial charge >= 0.3 is 5.97 Å². The molecule has 2 aromatic heterocycles. The maximum absolute atomic E-state index is 15.0. The summed E-state index contributed by atoms with van der Waals surface area (Å²) in [7, 11) is 0. The number of carboxylic acid groups (broad SMARTS) is 1. The molecule has 0 amide bonds. The second kappa shape index (κ2) is 9.78. The van der Waals surface area contributed by atoms with Gasteiger partial charge in [-0.3, -0.25) is 4.79 Å². The van der Waals surface area contributed by atoms with Gasteiger partial charge < -0.3 is 24.5 Å². The minimum Gasteiger partial charge on any atom is -0.493 e. The number of carboxylic acids is 1. The number of ether oxygens (including phenoxy) is 2. The molecule has 0 fully saturated rings. The molecule has 204 valence electrons. The molecular weight excluding hydrogens is 523 g/mol. The van der Waals surface area contributed by atoms with Gasteiger partial charge in [-0.2, -0.15) is 4.39 Å². The van der Waals surface area contributed by atoms with Crippen LogP contribution in [0, 0.1) is 17.5 Å². The lowest BCUT2D eigenvalue weighted by molar-refractivity contribution is -0.136. The summed E-state index contributed by atoms with van der Waals surface area (Å²) >= 11 is 0. The van der Waals surface area contributed by atoms with Gasteiger partial charge in [0.1, 0.15) is 23.1 Å². The number of nitrogens with zero attached hydrogens (tertiary/aromatic N) is 1. The Kier molecular flexibility index (Phi) is 6.25. The SMILES string of the molecule is CC1(c2cnc(-c3cc(Oc4cc5cc[nH]c5c(F)c4F)ccc3F)[nH]2)CCOc2c(CCC(=O)O)cccc21. The molecule has 0 spiro atoms. The first-order chi connectivity index (χ1) is 19.2. The van der Waals surface area contributed by atoms with Crippen LogP contribution in [-0.2, 0) is 16.6 Å². The summed E-state index contributed by atoms with van der Waals surface area (Å²) in [4.78, 5) is 21.4. The van der Waals surface area contributed by atoms with Crippen LogP contribution in [0.3, 0.4) is 0 Å². The van der Waals surface area contributed by atoms with Crippen LogP contribution in [0.1, 0.15) is 36.6 Å². The normalized spacial score (nSPS) is 16.5. The molecule has 0 bridgehead atoms. The summed E-state index contributed by atoms with van der Waals surface area (Å²) < 4.78 is 55.6. The van der Waals surface area contributed by atoms with E-state index in [1.54, 1.807) is 12.3 Å². The number of halogens is 3. The number of hydrogen-bond acceptors (Lipinski definition) is 4. The van der Waals surface area contributed by atoms with E-state index in [0.29, 0.717) is 30.6 Å². The van der Waals surface area contributed by atoms with E-state index < -0.39 is 28.8 Å². The van der Waals surface area contributed by atoms with Gasteiger partial charge in [0.15, 0.2) is 11.6 Å². The summed E-state index contributed by atoms with van der Waals surface area (Å²) in [5, 5.41) is 9.56. The number of carbonyl (C=O) groups is 1. The minimum absolute atomic E-state index is 0.0159. The van der Waals surface area contributed by atoms with E-state index in [1.165, 1.54) is 30.5 Å². The fourth-order valence-electron chi connectivity index (χ4n) is 5.20. The van der Waals surface area contributed by atoms with Gasteiger partial charge in [0.2, 0.25) is 5.82 Å². The van der Waals surface area contributed by atoms with E-state index in [1.807, 2.05) is 25.1 Å². The lowest BCUT2D eigenvalue weighted by Crippen LogP contribution is -2.32. The van der Waals surface area contributed by atoms with Crippen LogP contribution in [0.4, 0.5) is 13.2 Å². The number of fused-ring (bicyclic) bond motifs is 2. The molecule has 3 aromatic carbocycles. The Labute approximate surface area is 226 Å². The zero-order valence-corrected chi connectivity index (χ0v) is 21.4. The van der Waals surface area contributed by atoms with Crippen molar-refractivity contribution >= 4 is 16.9 Å². The third kappa shape index (κ3) is 4.35. The Morgan fingerprint density at radius 1 is 1.15 bits per heavy atom. The average molecular weight is 548 g/mol. The largest absolute Gasteiger partial charge is 0.493 e. The van der Waals surface area contributed by atoms with E-state index in [0.717, 1.165) is 16.8 Å². The molecule has 0 saturated heterocycles. The zero-order chi connectivity index (χ0) is 28.0. The van der Waals surface area contributed by atoms with E-state index in [2.05, 4.69) is 15.0 Å². The molecule has 3 heterocycles. The van der Waals surface area contributed by atoms with Crippen LogP contribution in [-0.4, -0.2) is 32.6 Å². The molecule has 0 radical (unpaired) electrons. The first kappa shape index (κ1) is 25.5. The molecule has 7 nitrogen and oxygen atoms in total. The summed E-state index contributed by atoms with van der Waals surface area (Å²) in [6.07, 6.45) is 4.06. The van der Waals surface area contributed by atoms with Crippen LogP contribution in [0.2, 0.25) is 0 Å². The number of rotatable bonds is 7. The summed E-state index contributed by atoms with van der Waals surface area (Å²) in [6, 6.07) is 12.5. The van der Waals surface area contributed by atoms with E-state index >= 15 is 0 Å². The molecule has 6 rings (SSSR count). The Hall–Kier alpha value is -4.73.